The first-order valence-corrected chi connectivity index (χ1v) is 2.80. The molecule has 0 aromatic carbocycles. The van der Waals surface area contributed by atoms with Gasteiger partial charge in [0.15, 0.2) is 0 Å². The van der Waals surface area contributed by atoms with Gasteiger partial charge in [0.2, 0.25) is 0 Å². The summed E-state index contributed by atoms with van der Waals surface area (Å²) in [5.74, 6) is 0. The predicted octanol–water partition coefficient (Wildman–Crippen LogP) is 1.86. The molecule has 8 heavy (non-hydrogen) atoms. The first-order valence-electron chi connectivity index (χ1n) is 2.04. The van der Waals surface area contributed by atoms with Crippen molar-refractivity contribution in [2.75, 3.05) is 0 Å². The largest absolute Gasteiger partial charge is 0.384 e. The van der Waals surface area contributed by atoms with Gasteiger partial charge in [-0.3, -0.25) is 0 Å². The Hall–Kier alpha value is 0.470. The van der Waals surface area contributed by atoms with Crippen LogP contribution in [0.4, 0.5) is 4.39 Å². The second kappa shape index (κ2) is 2.01. The van der Waals surface area contributed by atoms with Gasteiger partial charge in [-0.2, -0.15) is 0 Å². The molecule has 4 heteroatoms. The molecule has 0 heterocycles. The van der Waals surface area contributed by atoms with Gasteiger partial charge in [0.25, 0.3) is 4.59 Å². The Balaban J connectivity index is 4.02. The summed E-state index contributed by atoms with van der Waals surface area (Å²) in [7, 11) is 0. The number of aliphatic hydroxyl groups is 1. The molecular formula is C4H7Cl2FO. The summed E-state index contributed by atoms with van der Waals surface area (Å²) < 4.78 is 9.61. The third-order valence-corrected chi connectivity index (χ3v) is 1.62. The van der Waals surface area contributed by atoms with E-state index in [1.807, 2.05) is 0 Å². The van der Waals surface area contributed by atoms with E-state index in [0.717, 1.165) is 0 Å². The molecule has 0 saturated carbocycles. The quantitative estimate of drug-likeness (QED) is 0.582. The Morgan fingerprint density at radius 2 is 1.50 bits per heavy atom. The van der Waals surface area contributed by atoms with Gasteiger partial charge in [0.1, 0.15) is 5.60 Å². The van der Waals surface area contributed by atoms with Gasteiger partial charge in [0.05, 0.1) is 0 Å². The van der Waals surface area contributed by atoms with Crippen molar-refractivity contribution in [3.63, 3.8) is 0 Å². The zero-order chi connectivity index (χ0) is 7.00. The molecule has 0 unspecified atom stereocenters. The number of alkyl halides is 3. The van der Waals surface area contributed by atoms with Crippen LogP contribution in [0.1, 0.15) is 13.8 Å². The predicted molar refractivity (Wildman–Crippen MR) is 31.8 cm³/mol. The van der Waals surface area contributed by atoms with Gasteiger partial charge < -0.3 is 5.11 Å². The Labute approximate surface area is 57.4 Å². The molecule has 0 spiro atoms. The van der Waals surface area contributed by atoms with Crippen molar-refractivity contribution in [2.24, 2.45) is 0 Å². The molecule has 0 aliphatic rings. The maximum Gasteiger partial charge on any atom is 0.285 e. The number of hydrogen-bond donors (Lipinski definition) is 1. The number of hydrogen-bond acceptors (Lipinski definition) is 1. The molecule has 0 aromatic rings. The van der Waals surface area contributed by atoms with Gasteiger partial charge in [-0.25, -0.2) is 4.39 Å². The van der Waals surface area contributed by atoms with Crippen LogP contribution in [0.3, 0.4) is 0 Å². The second-order valence-electron chi connectivity index (χ2n) is 2.06. The van der Waals surface area contributed by atoms with Crippen LogP contribution < -0.4 is 0 Å². The molecule has 0 saturated heterocycles. The van der Waals surface area contributed by atoms with Crippen LogP contribution in [-0.2, 0) is 0 Å². The van der Waals surface area contributed by atoms with E-state index in [1.165, 1.54) is 13.8 Å². The molecule has 1 N–H and O–H groups in total. The third kappa shape index (κ3) is 2.16. The summed E-state index contributed by atoms with van der Waals surface area (Å²) in [4.78, 5) is 0. The summed E-state index contributed by atoms with van der Waals surface area (Å²) >= 11 is 9.72. The molecule has 0 radical (unpaired) electrons. The first-order chi connectivity index (χ1) is 3.25. The van der Waals surface area contributed by atoms with Crippen molar-refractivity contribution in [1.82, 2.24) is 0 Å². The minimum Gasteiger partial charge on any atom is -0.384 e. The standard InChI is InChI=1S/C4H7Cl2FO/c1-3(2,8)4(5,6)7/h8H,1-2H3. The smallest absolute Gasteiger partial charge is 0.285 e. The molecule has 0 aliphatic heterocycles. The lowest BCUT2D eigenvalue weighted by Crippen LogP contribution is -2.36. The van der Waals surface area contributed by atoms with Crippen molar-refractivity contribution in [3.05, 3.63) is 0 Å². The van der Waals surface area contributed by atoms with Crippen LogP contribution in [0.5, 0.6) is 0 Å². The Bertz CT molecular complexity index is 69.0. The van der Waals surface area contributed by atoms with Crippen LogP contribution in [0.15, 0.2) is 0 Å². The minimum absolute atomic E-state index is 1.19. The Kier molecular flexibility index (Phi) is 2.13. The topological polar surface area (TPSA) is 20.2 Å². The van der Waals surface area contributed by atoms with Crippen LogP contribution in [0.25, 0.3) is 0 Å². The molecule has 0 aliphatic carbocycles. The van der Waals surface area contributed by atoms with Crippen LogP contribution in [0.2, 0.25) is 0 Å². The van der Waals surface area contributed by atoms with E-state index in [4.69, 9.17) is 28.3 Å². The molecule has 50 valence electrons. The number of halogens is 3. The van der Waals surface area contributed by atoms with Crippen LogP contribution >= 0.6 is 23.2 Å². The highest BCUT2D eigenvalue weighted by molar-refractivity contribution is 6.47. The summed E-state index contributed by atoms with van der Waals surface area (Å²) in [6, 6.07) is 0. The lowest BCUT2D eigenvalue weighted by molar-refractivity contribution is 0.0133. The van der Waals surface area contributed by atoms with Gasteiger partial charge in [-0.1, -0.05) is 23.2 Å². The molecule has 0 rings (SSSR count). The van der Waals surface area contributed by atoms with Gasteiger partial charge >= 0.3 is 0 Å². The van der Waals surface area contributed by atoms with Crippen molar-refractivity contribution < 1.29 is 9.50 Å². The fourth-order valence-corrected chi connectivity index (χ4v) is 0. The highest BCUT2D eigenvalue weighted by Crippen LogP contribution is 2.34. The van der Waals surface area contributed by atoms with E-state index >= 15 is 0 Å². The van der Waals surface area contributed by atoms with Crippen molar-refractivity contribution in [2.45, 2.75) is 24.0 Å². The second-order valence-corrected chi connectivity index (χ2v) is 3.29. The minimum atomic E-state index is -2.56. The van der Waals surface area contributed by atoms with E-state index < -0.39 is 10.2 Å². The molecule has 1 nitrogen and oxygen atoms in total. The van der Waals surface area contributed by atoms with E-state index in [0.29, 0.717) is 0 Å². The Morgan fingerprint density at radius 1 is 1.38 bits per heavy atom. The van der Waals surface area contributed by atoms with Crippen LogP contribution in [0, 0.1) is 0 Å². The van der Waals surface area contributed by atoms with E-state index in [2.05, 4.69) is 0 Å². The monoisotopic (exact) mass is 160 g/mol. The highest BCUT2D eigenvalue weighted by Gasteiger charge is 2.40. The van der Waals surface area contributed by atoms with E-state index in [1.54, 1.807) is 0 Å². The van der Waals surface area contributed by atoms with Gasteiger partial charge in [0, 0.05) is 0 Å². The summed E-state index contributed by atoms with van der Waals surface area (Å²) in [6.07, 6.45) is 0. The molecular weight excluding hydrogens is 154 g/mol. The third-order valence-electron chi connectivity index (χ3n) is 0.694. The van der Waals surface area contributed by atoms with E-state index in [-0.39, 0.29) is 0 Å². The summed E-state index contributed by atoms with van der Waals surface area (Å²) in [5.41, 5.74) is -1.70. The maximum absolute atomic E-state index is 12.2. The molecule has 0 atom stereocenters. The summed E-state index contributed by atoms with van der Waals surface area (Å²) in [6.45, 7) is 2.38. The lowest BCUT2D eigenvalue weighted by atomic mass is 10.2. The van der Waals surface area contributed by atoms with Crippen LogP contribution in [-0.4, -0.2) is 15.3 Å². The van der Waals surface area contributed by atoms with E-state index in [9.17, 15) is 4.39 Å². The zero-order valence-corrected chi connectivity index (χ0v) is 6.09. The zero-order valence-electron chi connectivity index (χ0n) is 4.58. The SMILES string of the molecule is CC(C)(O)C(F)(Cl)Cl. The fraction of sp³-hybridized carbons (Fsp3) is 1.00. The highest BCUT2D eigenvalue weighted by atomic mass is 35.5. The first kappa shape index (κ1) is 8.47. The normalized spacial score (nSPS) is 14.2. The Morgan fingerprint density at radius 3 is 1.50 bits per heavy atom. The average Bonchev–Trinajstić information content (AvgIpc) is 1.25. The van der Waals surface area contributed by atoms with Crippen molar-refractivity contribution in [3.8, 4) is 0 Å². The molecule has 0 aromatic heterocycles. The van der Waals surface area contributed by atoms with Crippen molar-refractivity contribution >= 4 is 23.2 Å². The molecule has 0 bridgehead atoms. The fourth-order valence-electron chi connectivity index (χ4n) is 0. The average molecular weight is 161 g/mol. The molecule has 0 amide bonds. The maximum atomic E-state index is 12.2. The summed E-state index contributed by atoms with van der Waals surface area (Å²) in [5, 5.41) is 8.72. The van der Waals surface area contributed by atoms with Gasteiger partial charge in [-0.05, 0) is 13.8 Å². The molecule has 0 fully saturated rings. The number of rotatable bonds is 1. The van der Waals surface area contributed by atoms with Gasteiger partial charge in [-0.15, -0.1) is 0 Å². The van der Waals surface area contributed by atoms with Crippen molar-refractivity contribution in [1.29, 1.82) is 0 Å². The lowest BCUT2D eigenvalue weighted by Gasteiger charge is -2.23.